The van der Waals surface area contributed by atoms with Crippen molar-refractivity contribution in [2.45, 2.75) is 12.2 Å². The Hall–Kier alpha value is -0.690. The summed E-state index contributed by atoms with van der Waals surface area (Å²) < 4.78 is 44.8. The Balaban J connectivity index is 0.00000200. The van der Waals surface area contributed by atoms with E-state index in [1.807, 2.05) is 0 Å². The van der Waals surface area contributed by atoms with Gasteiger partial charge in [-0.1, -0.05) is 12.1 Å². The van der Waals surface area contributed by atoms with Crippen LogP contribution in [0.3, 0.4) is 0 Å². The highest BCUT2D eigenvalue weighted by atomic mass is 35.5. The van der Waals surface area contributed by atoms with Crippen LogP contribution in [0.2, 0.25) is 0 Å². The number of piperazine rings is 1. The molecule has 1 aliphatic rings. The maximum atomic E-state index is 13.3. The van der Waals surface area contributed by atoms with Gasteiger partial charge in [-0.3, -0.25) is 4.90 Å². The normalized spacial score (nSPS) is 17.3. The van der Waals surface area contributed by atoms with Gasteiger partial charge >= 0.3 is 6.18 Å². The second-order valence-electron chi connectivity index (χ2n) is 4.50. The molecule has 3 nitrogen and oxygen atoms in total. The molecule has 0 spiro atoms. The fourth-order valence-corrected chi connectivity index (χ4v) is 2.33. The summed E-state index contributed by atoms with van der Waals surface area (Å²) in [5.41, 5.74) is 0.259. The molecule has 0 aliphatic carbocycles. The Labute approximate surface area is 134 Å². The maximum Gasteiger partial charge on any atom is 0.408 e. The molecule has 0 radical (unpaired) electrons. The quantitative estimate of drug-likeness (QED) is 0.910. The molecule has 0 bridgehead atoms. The SMILES string of the molecule is COc1ccc([C@@H](N2CCNCC2)C(F)(F)F)cc1.Cl.Cl. The zero-order chi connectivity index (χ0) is 13.9. The van der Waals surface area contributed by atoms with Crippen molar-refractivity contribution in [1.82, 2.24) is 10.2 Å². The number of hydrogen-bond acceptors (Lipinski definition) is 3. The Kier molecular flexibility index (Phi) is 8.39. The fourth-order valence-electron chi connectivity index (χ4n) is 2.33. The number of nitrogens with one attached hydrogen (secondary N) is 1. The zero-order valence-electron chi connectivity index (χ0n) is 11.5. The van der Waals surface area contributed by atoms with Crippen molar-refractivity contribution in [3.63, 3.8) is 0 Å². The standard InChI is InChI=1S/C13H17F3N2O.2ClH/c1-19-11-4-2-10(3-5-11)12(13(14,15)16)18-8-6-17-7-9-18;;/h2-5,12,17H,6-9H2,1H3;2*1H/t12-;;/m1../s1. The molecule has 1 N–H and O–H groups in total. The van der Waals surface area contributed by atoms with Crippen molar-refractivity contribution in [2.75, 3.05) is 33.3 Å². The summed E-state index contributed by atoms with van der Waals surface area (Å²) in [5.74, 6) is 0.560. The van der Waals surface area contributed by atoms with E-state index in [1.165, 1.54) is 24.1 Å². The molecule has 8 heteroatoms. The third-order valence-corrected chi connectivity index (χ3v) is 3.26. The third kappa shape index (κ3) is 5.21. The molecule has 1 saturated heterocycles. The summed E-state index contributed by atoms with van der Waals surface area (Å²) in [6.45, 7) is 1.97. The van der Waals surface area contributed by atoms with Gasteiger partial charge in [0.15, 0.2) is 0 Å². The lowest BCUT2D eigenvalue weighted by Crippen LogP contribution is -2.49. The topological polar surface area (TPSA) is 24.5 Å². The van der Waals surface area contributed by atoms with Crippen molar-refractivity contribution in [3.8, 4) is 5.75 Å². The minimum atomic E-state index is -4.27. The summed E-state index contributed by atoms with van der Waals surface area (Å²) in [4.78, 5) is 1.47. The molecule has 0 amide bonds. The van der Waals surface area contributed by atoms with Crippen LogP contribution in [-0.4, -0.2) is 44.4 Å². The van der Waals surface area contributed by atoms with Crippen LogP contribution >= 0.6 is 24.8 Å². The fraction of sp³-hybridized carbons (Fsp3) is 0.538. The Bertz CT molecular complexity index is 409. The number of methoxy groups -OCH3 is 1. The van der Waals surface area contributed by atoms with E-state index in [-0.39, 0.29) is 30.4 Å². The van der Waals surface area contributed by atoms with Crippen molar-refractivity contribution in [3.05, 3.63) is 29.8 Å². The van der Waals surface area contributed by atoms with Crippen molar-refractivity contribution in [2.24, 2.45) is 0 Å². The average Bonchev–Trinajstić information content (AvgIpc) is 2.39. The van der Waals surface area contributed by atoms with E-state index in [2.05, 4.69) is 5.32 Å². The lowest BCUT2D eigenvalue weighted by molar-refractivity contribution is -0.187. The molecule has 21 heavy (non-hydrogen) atoms. The van der Waals surface area contributed by atoms with Crippen LogP contribution in [0.4, 0.5) is 13.2 Å². The minimum absolute atomic E-state index is 0. The first kappa shape index (κ1) is 20.3. The van der Waals surface area contributed by atoms with Crippen LogP contribution in [0.15, 0.2) is 24.3 Å². The van der Waals surface area contributed by atoms with E-state index in [4.69, 9.17) is 4.74 Å². The number of hydrogen-bond donors (Lipinski definition) is 1. The number of ether oxygens (including phenoxy) is 1. The summed E-state index contributed by atoms with van der Waals surface area (Å²) in [5, 5.41) is 3.06. The molecule has 0 aromatic heterocycles. The maximum absolute atomic E-state index is 13.3. The van der Waals surface area contributed by atoms with Crippen molar-refractivity contribution >= 4 is 24.8 Å². The number of benzene rings is 1. The molecule has 1 aromatic carbocycles. The third-order valence-electron chi connectivity index (χ3n) is 3.26. The summed E-state index contributed by atoms with van der Waals surface area (Å²) >= 11 is 0. The van der Waals surface area contributed by atoms with Crippen LogP contribution < -0.4 is 10.1 Å². The van der Waals surface area contributed by atoms with E-state index < -0.39 is 12.2 Å². The summed E-state index contributed by atoms with van der Waals surface area (Å²) in [7, 11) is 1.49. The second-order valence-corrected chi connectivity index (χ2v) is 4.50. The molecule has 1 fully saturated rings. The Morgan fingerprint density at radius 2 is 1.62 bits per heavy atom. The van der Waals surface area contributed by atoms with Gasteiger partial charge < -0.3 is 10.1 Å². The summed E-state index contributed by atoms with van der Waals surface area (Å²) in [6.07, 6.45) is -4.27. The molecule has 2 rings (SSSR count). The monoisotopic (exact) mass is 346 g/mol. The molecule has 1 heterocycles. The van der Waals surface area contributed by atoms with Crippen LogP contribution in [0.1, 0.15) is 11.6 Å². The highest BCUT2D eigenvalue weighted by molar-refractivity contribution is 5.85. The number of nitrogens with zero attached hydrogens (tertiary/aromatic N) is 1. The highest BCUT2D eigenvalue weighted by Crippen LogP contribution is 2.38. The predicted octanol–water partition coefficient (Wildman–Crippen LogP) is 3.05. The molecule has 1 aliphatic heterocycles. The van der Waals surface area contributed by atoms with Gasteiger partial charge in [0, 0.05) is 26.2 Å². The second kappa shape index (κ2) is 8.68. The lowest BCUT2D eigenvalue weighted by Gasteiger charge is -2.36. The first-order valence-corrected chi connectivity index (χ1v) is 6.18. The van der Waals surface area contributed by atoms with Gasteiger partial charge in [-0.25, -0.2) is 0 Å². The summed E-state index contributed by atoms with van der Waals surface area (Å²) in [6, 6.07) is 4.56. The van der Waals surface area contributed by atoms with Gasteiger partial charge in [0.05, 0.1) is 7.11 Å². The van der Waals surface area contributed by atoms with E-state index >= 15 is 0 Å². The van der Waals surface area contributed by atoms with Crippen LogP contribution in [0, 0.1) is 0 Å². The van der Waals surface area contributed by atoms with Crippen LogP contribution in [0.25, 0.3) is 0 Å². The van der Waals surface area contributed by atoms with Gasteiger partial charge in [-0.2, -0.15) is 13.2 Å². The molecule has 1 atom stereocenters. The molecular formula is C13H19Cl2F3N2O. The lowest BCUT2D eigenvalue weighted by atomic mass is 10.0. The van der Waals surface area contributed by atoms with E-state index in [0.29, 0.717) is 31.9 Å². The minimum Gasteiger partial charge on any atom is -0.497 e. The Morgan fingerprint density at radius 1 is 1.10 bits per heavy atom. The van der Waals surface area contributed by atoms with E-state index in [9.17, 15) is 13.2 Å². The highest BCUT2D eigenvalue weighted by Gasteiger charge is 2.44. The first-order chi connectivity index (χ1) is 9.02. The number of halogens is 5. The first-order valence-electron chi connectivity index (χ1n) is 6.18. The molecule has 0 saturated carbocycles. The van der Waals surface area contributed by atoms with Gasteiger partial charge in [0.2, 0.25) is 0 Å². The van der Waals surface area contributed by atoms with E-state index in [1.54, 1.807) is 12.1 Å². The molecular weight excluding hydrogens is 328 g/mol. The van der Waals surface area contributed by atoms with Gasteiger partial charge in [-0.05, 0) is 17.7 Å². The number of rotatable bonds is 3. The average molecular weight is 347 g/mol. The van der Waals surface area contributed by atoms with E-state index in [0.717, 1.165) is 0 Å². The predicted molar refractivity (Wildman–Crippen MR) is 80.7 cm³/mol. The molecule has 122 valence electrons. The van der Waals surface area contributed by atoms with Gasteiger partial charge in [-0.15, -0.1) is 24.8 Å². The molecule has 0 unspecified atom stereocenters. The van der Waals surface area contributed by atoms with Crippen LogP contribution in [-0.2, 0) is 0 Å². The van der Waals surface area contributed by atoms with Crippen molar-refractivity contribution in [1.29, 1.82) is 0 Å². The van der Waals surface area contributed by atoms with Gasteiger partial charge in [0.1, 0.15) is 11.8 Å². The smallest absolute Gasteiger partial charge is 0.408 e. The van der Waals surface area contributed by atoms with Crippen LogP contribution in [0.5, 0.6) is 5.75 Å². The largest absolute Gasteiger partial charge is 0.497 e. The zero-order valence-corrected chi connectivity index (χ0v) is 13.2. The Morgan fingerprint density at radius 3 is 2.05 bits per heavy atom. The van der Waals surface area contributed by atoms with Crippen molar-refractivity contribution < 1.29 is 17.9 Å². The number of alkyl halides is 3. The molecule has 1 aromatic rings. The van der Waals surface area contributed by atoms with Gasteiger partial charge in [0.25, 0.3) is 0 Å².